The molecule has 0 saturated heterocycles. The summed E-state index contributed by atoms with van der Waals surface area (Å²) in [7, 11) is -2.36. The summed E-state index contributed by atoms with van der Waals surface area (Å²) in [6.45, 7) is 1.15. The Bertz CT molecular complexity index is 589. The van der Waals surface area contributed by atoms with Crippen LogP contribution in [0.4, 0.5) is 0 Å². The highest BCUT2D eigenvalue weighted by Crippen LogP contribution is 2.22. The lowest BCUT2D eigenvalue weighted by molar-refractivity contribution is 0.0213. The normalized spacial score (nSPS) is 11.4. The number of benzene rings is 1. The van der Waals surface area contributed by atoms with Crippen molar-refractivity contribution in [1.82, 2.24) is 0 Å². The van der Waals surface area contributed by atoms with E-state index >= 15 is 0 Å². The van der Waals surface area contributed by atoms with Crippen molar-refractivity contribution in [3.63, 3.8) is 0 Å². The standard InChI is InChI=1S/C12H16BrNO6S/c1-18-4-5-19-6-7-20-12(15)9-2-3-10(13)11(8-9)21(14,16)17/h2-3,8H,4-7H2,1H3,(H2,14,16,17). The van der Waals surface area contributed by atoms with Crippen molar-refractivity contribution < 1.29 is 27.4 Å². The summed E-state index contributed by atoms with van der Waals surface area (Å²) in [4.78, 5) is 11.6. The van der Waals surface area contributed by atoms with Crippen LogP contribution in [0.5, 0.6) is 0 Å². The number of esters is 1. The number of methoxy groups -OCH3 is 1. The van der Waals surface area contributed by atoms with Crippen LogP contribution in [-0.2, 0) is 24.2 Å². The maximum absolute atomic E-state index is 11.8. The predicted molar refractivity (Wildman–Crippen MR) is 78.5 cm³/mol. The Morgan fingerprint density at radius 2 is 1.90 bits per heavy atom. The Balaban J connectivity index is 2.59. The minimum absolute atomic E-state index is 0.0588. The molecule has 1 aromatic carbocycles. The van der Waals surface area contributed by atoms with Gasteiger partial charge in [-0.3, -0.25) is 0 Å². The van der Waals surface area contributed by atoms with Gasteiger partial charge >= 0.3 is 5.97 Å². The molecule has 21 heavy (non-hydrogen) atoms. The monoisotopic (exact) mass is 381 g/mol. The first-order chi connectivity index (χ1) is 9.86. The minimum Gasteiger partial charge on any atom is -0.460 e. The zero-order chi connectivity index (χ0) is 15.9. The van der Waals surface area contributed by atoms with E-state index in [1.807, 2.05) is 0 Å². The van der Waals surface area contributed by atoms with E-state index in [1.165, 1.54) is 12.1 Å². The van der Waals surface area contributed by atoms with E-state index in [0.717, 1.165) is 6.07 Å². The van der Waals surface area contributed by atoms with E-state index in [9.17, 15) is 13.2 Å². The molecule has 0 atom stereocenters. The third-order valence-electron chi connectivity index (χ3n) is 2.37. The van der Waals surface area contributed by atoms with E-state index in [1.54, 1.807) is 7.11 Å². The summed E-state index contributed by atoms with van der Waals surface area (Å²) >= 11 is 3.06. The Hall–Kier alpha value is -1.000. The average Bonchev–Trinajstić information content (AvgIpc) is 2.41. The summed E-state index contributed by atoms with van der Waals surface area (Å²) in [5, 5.41) is 5.05. The van der Waals surface area contributed by atoms with Crippen LogP contribution in [0.1, 0.15) is 10.4 Å². The molecule has 0 aliphatic rings. The van der Waals surface area contributed by atoms with Gasteiger partial charge in [-0.2, -0.15) is 0 Å². The Morgan fingerprint density at radius 1 is 1.24 bits per heavy atom. The molecule has 0 unspecified atom stereocenters. The first-order valence-corrected chi connectivity index (χ1v) is 8.26. The Kier molecular flexibility index (Phi) is 7.26. The minimum atomic E-state index is -3.92. The molecule has 0 aliphatic heterocycles. The zero-order valence-electron chi connectivity index (χ0n) is 11.4. The molecular formula is C12H16BrNO6S. The van der Waals surface area contributed by atoms with Crippen molar-refractivity contribution in [1.29, 1.82) is 0 Å². The van der Waals surface area contributed by atoms with Crippen LogP contribution >= 0.6 is 15.9 Å². The molecule has 0 heterocycles. The van der Waals surface area contributed by atoms with Gasteiger partial charge < -0.3 is 14.2 Å². The molecule has 1 aromatic rings. The fourth-order valence-corrected chi connectivity index (χ4v) is 2.92. The molecular weight excluding hydrogens is 366 g/mol. The van der Waals surface area contributed by atoms with E-state index in [0.29, 0.717) is 13.2 Å². The number of ether oxygens (including phenoxy) is 3. The molecule has 0 bridgehead atoms. The lowest BCUT2D eigenvalue weighted by Crippen LogP contribution is -2.15. The van der Waals surface area contributed by atoms with E-state index in [-0.39, 0.29) is 28.1 Å². The topological polar surface area (TPSA) is 105 Å². The first-order valence-electron chi connectivity index (χ1n) is 5.92. The summed E-state index contributed by atoms with van der Waals surface area (Å²) in [5.74, 6) is -0.650. The largest absolute Gasteiger partial charge is 0.460 e. The highest BCUT2D eigenvalue weighted by Gasteiger charge is 2.16. The molecule has 0 spiro atoms. The van der Waals surface area contributed by atoms with Gasteiger partial charge in [-0.25, -0.2) is 18.4 Å². The second-order valence-electron chi connectivity index (χ2n) is 3.93. The molecule has 0 aromatic heterocycles. The van der Waals surface area contributed by atoms with Gasteiger partial charge in [0.15, 0.2) is 0 Å². The van der Waals surface area contributed by atoms with Crippen molar-refractivity contribution in [2.45, 2.75) is 4.90 Å². The number of nitrogens with two attached hydrogens (primary N) is 1. The van der Waals surface area contributed by atoms with Crippen molar-refractivity contribution in [3.8, 4) is 0 Å². The van der Waals surface area contributed by atoms with Gasteiger partial charge in [-0.1, -0.05) is 0 Å². The van der Waals surface area contributed by atoms with Gasteiger partial charge in [0.25, 0.3) is 0 Å². The molecule has 0 amide bonds. The van der Waals surface area contributed by atoms with Crippen LogP contribution in [0.3, 0.4) is 0 Å². The summed E-state index contributed by atoms with van der Waals surface area (Å²) < 4.78 is 37.9. The van der Waals surface area contributed by atoms with Crippen LogP contribution in [-0.4, -0.2) is 47.9 Å². The number of rotatable bonds is 8. The fraction of sp³-hybridized carbons (Fsp3) is 0.417. The molecule has 0 aliphatic carbocycles. The molecule has 0 saturated carbocycles. The van der Waals surface area contributed by atoms with Crippen molar-refractivity contribution in [2.75, 3.05) is 33.5 Å². The Morgan fingerprint density at radius 3 is 2.52 bits per heavy atom. The highest BCUT2D eigenvalue weighted by atomic mass is 79.9. The lowest BCUT2D eigenvalue weighted by atomic mass is 10.2. The molecule has 9 heteroatoms. The molecule has 0 fully saturated rings. The second kappa shape index (κ2) is 8.44. The zero-order valence-corrected chi connectivity index (χ0v) is 13.8. The van der Waals surface area contributed by atoms with Crippen molar-refractivity contribution in [2.24, 2.45) is 5.14 Å². The van der Waals surface area contributed by atoms with Gasteiger partial charge in [0.1, 0.15) is 6.61 Å². The number of sulfonamides is 1. The van der Waals surface area contributed by atoms with E-state index in [4.69, 9.17) is 19.3 Å². The number of halogens is 1. The summed E-state index contributed by atoms with van der Waals surface area (Å²) in [6, 6.07) is 4.02. The maximum atomic E-state index is 11.8. The summed E-state index contributed by atoms with van der Waals surface area (Å²) in [5.41, 5.74) is 0.0964. The molecule has 118 valence electrons. The van der Waals surface area contributed by atoms with Crippen LogP contribution in [0, 0.1) is 0 Å². The maximum Gasteiger partial charge on any atom is 0.338 e. The molecule has 0 radical (unpaired) electrons. The van der Waals surface area contributed by atoms with Gasteiger partial charge in [0.05, 0.1) is 30.3 Å². The number of hydrogen-bond acceptors (Lipinski definition) is 6. The van der Waals surface area contributed by atoms with Gasteiger partial charge in [0, 0.05) is 11.6 Å². The second-order valence-corrected chi connectivity index (χ2v) is 6.32. The number of carbonyl (C=O) groups is 1. The predicted octanol–water partition coefficient (Wildman–Crippen LogP) is 0.916. The summed E-state index contributed by atoms with van der Waals surface area (Å²) in [6.07, 6.45) is 0. The molecule has 7 nitrogen and oxygen atoms in total. The number of carbonyl (C=O) groups excluding carboxylic acids is 1. The van der Waals surface area contributed by atoms with Crippen LogP contribution in [0.25, 0.3) is 0 Å². The van der Waals surface area contributed by atoms with Crippen molar-refractivity contribution >= 4 is 31.9 Å². The average molecular weight is 382 g/mol. The first kappa shape index (κ1) is 18.1. The number of hydrogen-bond donors (Lipinski definition) is 1. The third kappa shape index (κ3) is 6.10. The van der Waals surface area contributed by atoms with Crippen LogP contribution in [0.15, 0.2) is 27.6 Å². The van der Waals surface area contributed by atoms with E-state index in [2.05, 4.69) is 15.9 Å². The van der Waals surface area contributed by atoms with Gasteiger partial charge in [-0.15, -0.1) is 0 Å². The Labute approximate surface area is 131 Å². The smallest absolute Gasteiger partial charge is 0.338 e. The van der Waals surface area contributed by atoms with Crippen molar-refractivity contribution in [3.05, 3.63) is 28.2 Å². The van der Waals surface area contributed by atoms with Gasteiger partial charge in [-0.05, 0) is 34.1 Å². The lowest BCUT2D eigenvalue weighted by Gasteiger charge is -2.07. The molecule has 1 rings (SSSR count). The van der Waals surface area contributed by atoms with E-state index < -0.39 is 16.0 Å². The number of primary sulfonamides is 1. The SMILES string of the molecule is COCCOCCOC(=O)c1ccc(Br)c(S(N)(=O)=O)c1. The fourth-order valence-electron chi connectivity index (χ4n) is 1.37. The van der Waals surface area contributed by atoms with Crippen LogP contribution < -0.4 is 5.14 Å². The highest BCUT2D eigenvalue weighted by molar-refractivity contribution is 9.10. The quantitative estimate of drug-likeness (QED) is 0.530. The van der Waals surface area contributed by atoms with Gasteiger partial charge in [0.2, 0.25) is 10.0 Å². The third-order valence-corrected chi connectivity index (χ3v) is 4.27. The molecule has 2 N–H and O–H groups in total. The van der Waals surface area contributed by atoms with Crippen LogP contribution in [0.2, 0.25) is 0 Å².